The van der Waals surface area contributed by atoms with E-state index in [1.807, 2.05) is 13.8 Å². The second-order valence-electron chi connectivity index (χ2n) is 5.60. The first-order valence-electron chi connectivity index (χ1n) is 7.62. The molecule has 1 aliphatic heterocycles. The summed E-state index contributed by atoms with van der Waals surface area (Å²) in [6.07, 6.45) is 4.24. The molecule has 2 aromatic heterocycles. The van der Waals surface area contributed by atoms with Gasteiger partial charge in [0.1, 0.15) is 11.8 Å². The van der Waals surface area contributed by atoms with Crippen LogP contribution in [-0.4, -0.2) is 34.1 Å². The molecule has 0 bridgehead atoms. The molecule has 0 fully saturated rings. The maximum Gasteiger partial charge on any atom is 0.243 e. The first-order valence-corrected chi connectivity index (χ1v) is 7.62. The number of aromatic amines is 1. The summed E-state index contributed by atoms with van der Waals surface area (Å²) in [4.78, 5) is 19.6. The van der Waals surface area contributed by atoms with Gasteiger partial charge < -0.3 is 20.1 Å². The van der Waals surface area contributed by atoms with Crippen LogP contribution in [0.1, 0.15) is 40.9 Å². The normalized spacial score (nSPS) is 17.3. The van der Waals surface area contributed by atoms with Crippen molar-refractivity contribution in [1.29, 1.82) is 0 Å². The molecule has 1 atom stereocenters. The van der Waals surface area contributed by atoms with Gasteiger partial charge in [0.2, 0.25) is 5.91 Å². The van der Waals surface area contributed by atoms with Gasteiger partial charge in [-0.1, -0.05) is 5.16 Å². The van der Waals surface area contributed by atoms with Crippen LogP contribution in [0.25, 0.3) is 0 Å². The van der Waals surface area contributed by atoms with Crippen molar-refractivity contribution < 1.29 is 9.32 Å². The number of carbonyl (C=O) groups is 1. The van der Waals surface area contributed by atoms with Gasteiger partial charge in [0, 0.05) is 30.8 Å². The van der Waals surface area contributed by atoms with Crippen LogP contribution < -0.4 is 10.6 Å². The van der Waals surface area contributed by atoms with Crippen molar-refractivity contribution in [2.75, 3.05) is 13.1 Å². The van der Waals surface area contributed by atoms with Crippen LogP contribution in [0.3, 0.4) is 0 Å². The van der Waals surface area contributed by atoms with Crippen molar-refractivity contribution in [1.82, 2.24) is 25.8 Å². The number of imidazole rings is 1. The lowest BCUT2D eigenvalue weighted by Gasteiger charge is -2.22. The Hall–Kier alpha value is -2.15. The number of fused-ring (bicyclic) bond motifs is 1. The topological polar surface area (TPSA) is 95.8 Å². The molecule has 118 valence electrons. The van der Waals surface area contributed by atoms with Crippen molar-refractivity contribution in [3.63, 3.8) is 0 Å². The molecule has 1 aliphatic rings. The number of nitrogens with zero attached hydrogens (tertiary/aromatic N) is 2. The van der Waals surface area contributed by atoms with Crippen LogP contribution in [0.4, 0.5) is 0 Å². The van der Waals surface area contributed by atoms with E-state index in [1.54, 1.807) is 6.33 Å². The zero-order chi connectivity index (χ0) is 15.5. The second kappa shape index (κ2) is 6.31. The number of carbonyl (C=O) groups excluding carboxylic acids is 1. The van der Waals surface area contributed by atoms with Gasteiger partial charge in [0.25, 0.3) is 0 Å². The van der Waals surface area contributed by atoms with E-state index in [1.165, 1.54) is 0 Å². The third-order valence-corrected chi connectivity index (χ3v) is 4.09. The number of hydrogen-bond acceptors (Lipinski definition) is 5. The maximum atomic E-state index is 12.3. The number of hydrogen-bond donors (Lipinski definition) is 3. The average molecular weight is 303 g/mol. The van der Waals surface area contributed by atoms with Gasteiger partial charge in [-0.25, -0.2) is 4.98 Å². The summed E-state index contributed by atoms with van der Waals surface area (Å²) in [5.74, 6) is 0.839. The molecule has 0 spiro atoms. The third kappa shape index (κ3) is 2.89. The molecule has 0 saturated heterocycles. The number of aryl methyl sites for hydroxylation is 2. The molecular formula is C15H21N5O2. The summed E-state index contributed by atoms with van der Waals surface area (Å²) < 4.78 is 5.14. The number of aromatic nitrogens is 3. The lowest BCUT2D eigenvalue weighted by Crippen LogP contribution is -2.41. The molecule has 1 unspecified atom stereocenters. The van der Waals surface area contributed by atoms with E-state index in [-0.39, 0.29) is 11.9 Å². The Morgan fingerprint density at radius 1 is 1.50 bits per heavy atom. The van der Waals surface area contributed by atoms with Crippen LogP contribution in [0, 0.1) is 13.8 Å². The van der Waals surface area contributed by atoms with Gasteiger partial charge in [-0.05, 0) is 26.7 Å². The Labute approximate surface area is 128 Å². The van der Waals surface area contributed by atoms with Gasteiger partial charge >= 0.3 is 0 Å². The highest BCUT2D eigenvalue weighted by molar-refractivity contribution is 5.83. The Morgan fingerprint density at radius 2 is 2.36 bits per heavy atom. The molecule has 0 saturated carbocycles. The van der Waals surface area contributed by atoms with E-state index in [2.05, 4.69) is 25.8 Å². The lowest BCUT2D eigenvalue weighted by atomic mass is 10.0. The highest BCUT2D eigenvalue weighted by Gasteiger charge is 2.27. The molecule has 3 heterocycles. The van der Waals surface area contributed by atoms with Crippen molar-refractivity contribution in [3.8, 4) is 0 Å². The average Bonchev–Trinajstić information content (AvgIpc) is 3.11. The van der Waals surface area contributed by atoms with Gasteiger partial charge in [0.05, 0.1) is 17.7 Å². The summed E-state index contributed by atoms with van der Waals surface area (Å²) in [7, 11) is 0. The van der Waals surface area contributed by atoms with Gasteiger partial charge in [-0.3, -0.25) is 4.79 Å². The van der Waals surface area contributed by atoms with Crippen molar-refractivity contribution in [3.05, 3.63) is 34.7 Å². The summed E-state index contributed by atoms with van der Waals surface area (Å²) in [6.45, 7) is 5.27. The van der Waals surface area contributed by atoms with Crippen molar-refractivity contribution in [2.45, 2.75) is 39.2 Å². The number of nitrogens with one attached hydrogen (secondary N) is 3. The van der Waals surface area contributed by atoms with E-state index < -0.39 is 0 Å². The van der Waals surface area contributed by atoms with Crippen LogP contribution in [-0.2, 0) is 17.6 Å². The minimum atomic E-state index is -0.353. The standard InChI is InChI=1S/C15H21N5O2/c1-9-11(10(2)22-20-9)4-3-6-17-15(21)14-13-12(5-7-16-14)18-8-19-13/h8,14,16H,3-7H2,1-2H3,(H,17,21)(H,18,19). The van der Waals surface area contributed by atoms with Crippen LogP contribution in [0.5, 0.6) is 0 Å². The fourth-order valence-electron chi connectivity index (χ4n) is 2.87. The number of amides is 1. The van der Waals surface area contributed by atoms with E-state index in [0.717, 1.165) is 54.2 Å². The molecule has 7 heteroatoms. The van der Waals surface area contributed by atoms with Crippen LogP contribution >= 0.6 is 0 Å². The Bertz CT molecular complexity index is 641. The minimum absolute atomic E-state index is 0.0215. The van der Waals surface area contributed by atoms with Crippen molar-refractivity contribution in [2.24, 2.45) is 0 Å². The molecule has 22 heavy (non-hydrogen) atoms. The predicted octanol–water partition coefficient (Wildman–Crippen LogP) is 0.950. The van der Waals surface area contributed by atoms with E-state index >= 15 is 0 Å². The molecule has 1 amide bonds. The Balaban J connectivity index is 1.50. The molecule has 0 aliphatic carbocycles. The van der Waals surface area contributed by atoms with Gasteiger partial charge in [-0.2, -0.15) is 0 Å². The first kappa shape index (κ1) is 14.8. The predicted molar refractivity (Wildman–Crippen MR) is 80.3 cm³/mol. The van der Waals surface area contributed by atoms with Gasteiger partial charge in [0.15, 0.2) is 0 Å². The smallest absolute Gasteiger partial charge is 0.243 e. The SMILES string of the molecule is Cc1noc(C)c1CCCNC(=O)C1NCCc2[nH]cnc21. The second-order valence-corrected chi connectivity index (χ2v) is 5.60. The Morgan fingerprint density at radius 3 is 3.14 bits per heavy atom. The molecule has 7 nitrogen and oxygen atoms in total. The fourth-order valence-corrected chi connectivity index (χ4v) is 2.87. The Kier molecular flexibility index (Phi) is 4.24. The summed E-state index contributed by atoms with van der Waals surface area (Å²) >= 11 is 0. The molecule has 0 aromatic carbocycles. The summed E-state index contributed by atoms with van der Waals surface area (Å²) in [6, 6.07) is -0.353. The van der Waals surface area contributed by atoms with Crippen LogP contribution in [0.15, 0.2) is 10.9 Å². The zero-order valence-electron chi connectivity index (χ0n) is 12.9. The minimum Gasteiger partial charge on any atom is -0.361 e. The monoisotopic (exact) mass is 303 g/mol. The number of H-pyrrole nitrogens is 1. The highest BCUT2D eigenvalue weighted by atomic mass is 16.5. The molecule has 2 aromatic rings. The largest absolute Gasteiger partial charge is 0.361 e. The summed E-state index contributed by atoms with van der Waals surface area (Å²) in [5, 5.41) is 10.1. The first-order chi connectivity index (χ1) is 10.7. The van der Waals surface area contributed by atoms with E-state index in [0.29, 0.717) is 6.54 Å². The lowest BCUT2D eigenvalue weighted by molar-refractivity contribution is -0.123. The zero-order valence-corrected chi connectivity index (χ0v) is 12.9. The van der Waals surface area contributed by atoms with E-state index in [4.69, 9.17) is 4.52 Å². The van der Waals surface area contributed by atoms with E-state index in [9.17, 15) is 4.79 Å². The third-order valence-electron chi connectivity index (χ3n) is 4.09. The molecule has 3 N–H and O–H groups in total. The van der Waals surface area contributed by atoms with Gasteiger partial charge in [-0.15, -0.1) is 0 Å². The molecule has 3 rings (SSSR count). The quantitative estimate of drug-likeness (QED) is 0.715. The number of rotatable bonds is 5. The highest BCUT2D eigenvalue weighted by Crippen LogP contribution is 2.19. The maximum absolute atomic E-state index is 12.3. The molecule has 0 radical (unpaired) electrons. The molecular weight excluding hydrogens is 282 g/mol. The fraction of sp³-hybridized carbons (Fsp3) is 0.533. The van der Waals surface area contributed by atoms with Crippen molar-refractivity contribution >= 4 is 5.91 Å². The van der Waals surface area contributed by atoms with Crippen LogP contribution in [0.2, 0.25) is 0 Å². The summed E-state index contributed by atoms with van der Waals surface area (Å²) in [5.41, 5.74) is 3.93.